The molecule has 0 spiro atoms. The molecule has 1 saturated carbocycles. The van der Waals surface area contributed by atoms with Gasteiger partial charge in [-0.25, -0.2) is 0 Å². The molecule has 16 heavy (non-hydrogen) atoms. The molecule has 1 aromatic carbocycles. The minimum absolute atomic E-state index is 0.749. The van der Waals surface area contributed by atoms with Crippen molar-refractivity contribution in [3.63, 3.8) is 0 Å². The lowest BCUT2D eigenvalue weighted by atomic mass is 9.58. The average molecular weight is 215 g/mol. The zero-order valence-corrected chi connectivity index (χ0v) is 10.2. The summed E-state index contributed by atoms with van der Waals surface area (Å²) in [5.74, 6) is 2.49. The molecule has 2 aliphatic rings. The van der Waals surface area contributed by atoms with E-state index in [2.05, 4.69) is 43.4 Å². The minimum atomic E-state index is 0.749. The summed E-state index contributed by atoms with van der Waals surface area (Å²) in [6.45, 7) is 5.72. The van der Waals surface area contributed by atoms with Crippen molar-refractivity contribution >= 4 is 0 Å². The zero-order chi connectivity index (χ0) is 11.1. The van der Waals surface area contributed by atoms with Crippen LogP contribution in [-0.2, 0) is 0 Å². The third-order valence-electron chi connectivity index (χ3n) is 4.56. The van der Waals surface area contributed by atoms with Gasteiger partial charge in [-0.15, -0.1) is 0 Å². The smallest absolute Gasteiger partial charge is 0.0107 e. The first-order valence-corrected chi connectivity index (χ1v) is 6.63. The van der Waals surface area contributed by atoms with Crippen LogP contribution in [0.3, 0.4) is 0 Å². The lowest BCUT2D eigenvalue weighted by Crippen LogP contribution is -2.51. The van der Waals surface area contributed by atoms with Crippen LogP contribution in [0.5, 0.6) is 0 Å². The van der Waals surface area contributed by atoms with Gasteiger partial charge >= 0.3 is 0 Å². The van der Waals surface area contributed by atoms with E-state index in [9.17, 15) is 0 Å². The highest BCUT2D eigenvalue weighted by Crippen LogP contribution is 2.53. The second kappa shape index (κ2) is 3.89. The average Bonchev–Trinajstić information content (AvgIpc) is 2.30. The van der Waals surface area contributed by atoms with Crippen LogP contribution in [0.1, 0.15) is 49.7 Å². The monoisotopic (exact) mass is 215 g/mol. The second-order valence-corrected chi connectivity index (χ2v) is 5.44. The van der Waals surface area contributed by atoms with Crippen molar-refractivity contribution in [2.45, 2.75) is 44.6 Å². The Bertz CT molecular complexity index is 385. The predicted molar refractivity (Wildman–Crippen MR) is 67.8 cm³/mol. The quantitative estimate of drug-likeness (QED) is 0.798. The summed E-state index contributed by atoms with van der Waals surface area (Å²) in [7, 11) is 0. The molecule has 0 bridgehead atoms. The molecule has 1 heteroatoms. The molecule has 4 atom stereocenters. The number of rotatable bonds is 2. The predicted octanol–water partition coefficient (Wildman–Crippen LogP) is 3.28. The lowest BCUT2D eigenvalue weighted by molar-refractivity contribution is 0.136. The molecule has 1 N–H and O–H groups in total. The summed E-state index contributed by atoms with van der Waals surface area (Å²) in [6, 6.07) is 9.86. The maximum absolute atomic E-state index is 3.63. The largest absolute Gasteiger partial charge is 0.314 e. The fraction of sp³-hybridized carbons (Fsp3) is 0.600. The normalized spacial score (nSPS) is 36.1. The van der Waals surface area contributed by atoms with Gasteiger partial charge in [-0.2, -0.15) is 0 Å². The van der Waals surface area contributed by atoms with Gasteiger partial charge in [-0.05, 0) is 48.3 Å². The van der Waals surface area contributed by atoms with Crippen molar-refractivity contribution in [2.75, 3.05) is 6.54 Å². The van der Waals surface area contributed by atoms with E-state index in [0.29, 0.717) is 0 Å². The molecule has 0 amide bonds. The highest BCUT2D eigenvalue weighted by molar-refractivity contribution is 5.39. The molecule has 0 saturated heterocycles. The van der Waals surface area contributed by atoms with Crippen molar-refractivity contribution < 1.29 is 0 Å². The molecular formula is C15H21N. The van der Waals surface area contributed by atoms with Crippen molar-refractivity contribution in [3.8, 4) is 0 Å². The van der Waals surface area contributed by atoms with E-state index in [1.165, 1.54) is 12.8 Å². The standard InChI is InChI=1S/C15H21N/c1-3-16-15-9-13-12-7-5-4-6-11(12)10(2)8-14(13)15/h4-7,10,13-16H,3,8-9H2,1-2H3. The molecule has 3 rings (SSSR count). The first-order chi connectivity index (χ1) is 7.81. The van der Waals surface area contributed by atoms with Crippen LogP contribution in [0.25, 0.3) is 0 Å². The summed E-state index contributed by atoms with van der Waals surface area (Å²) in [6.07, 6.45) is 2.72. The van der Waals surface area contributed by atoms with Crippen LogP contribution in [0.4, 0.5) is 0 Å². The van der Waals surface area contributed by atoms with Gasteiger partial charge < -0.3 is 5.32 Å². The molecule has 0 heterocycles. The highest BCUT2D eigenvalue weighted by atomic mass is 14.9. The number of hydrogen-bond donors (Lipinski definition) is 1. The summed E-state index contributed by atoms with van der Waals surface area (Å²) in [4.78, 5) is 0. The number of fused-ring (bicyclic) bond motifs is 3. The number of nitrogens with one attached hydrogen (secondary N) is 1. The van der Waals surface area contributed by atoms with Gasteiger partial charge in [0.05, 0.1) is 0 Å². The minimum Gasteiger partial charge on any atom is -0.314 e. The van der Waals surface area contributed by atoms with Crippen LogP contribution in [0.2, 0.25) is 0 Å². The van der Waals surface area contributed by atoms with Crippen LogP contribution in [0, 0.1) is 5.92 Å². The van der Waals surface area contributed by atoms with Crippen molar-refractivity contribution in [3.05, 3.63) is 35.4 Å². The van der Waals surface area contributed by atoms with Gasteiger partial charge in [-0.3, -0.25) is 0 Å². The van der Waals surface area contributed by atoms with E-state index in [4.69, 9.17) is 0 Å². The molecule has 1 aromatic rings. The van der Waals surface area contributed by atoms with E-state index < -0.39 is 0 Å². The summed E-state index contributed by atoms with van der Waals surface area (Å²) in [5.41, 5.74) is 3.25. The fourth-order valence-electron chi connectivity index (χ4n) is 3.72. The molecular weight excluding hydrogens is 194 g/mol. The lowest BCUT2D eigenvalue weighted by Gasteiger charge is -2.50. The van der Waals surface area contributed by atoms with Crippen LogP contribution in [-0.4, -0.2) is 12.6 Å². The molecule has 0 radical (unpaired) electrons. The van der Waals surface area contributed by atoms with Crippen LogP contribution < -0.4 is 5.32 Å². The molecule has 86 valence electrons. The maximum atomic E-state index is 3.63. The van der Waals surface area contributed by atoms with E-state index in [-0.39, 0.29) is 0 Å². The summed E-state index contributed by atoms with van der Waals surface area (Å²) < 4.78 is 0. The second-order valence-electron chi connectivity index (χ2n) is 5.44. The zero-order valence-electron chi connectivity index (χ0n) is 10.2. The van der Waals surface area contributed by atoms with Crippen molar-refractivity contribution in [2.24, 2.45) is 5.92 Å². The van der Waals surface area contributed by atoms with E-state index >= 15 is 0 Å². The number of hydrogen-bond acceptors (Lipinski definition) is 1. The van der Waals surface area contributed by atoms with E-state index in [1.807, 2.05) is 0 Å². The first kappa shape index (κ1) is 10.3. The molecule has 1 fully saturated rings. The van der Waals surface area contributed by atoms with Crippen molar-refractivity contribution in [1.29, 1.82) is 0 Å². The van der Waals surface area contributed by atoms with E-state index in [1.54, 1.807) is 11.1 Å². The van der Waals surface area contributed by atoms with Crippen LogP contribution in [0.15, 0.2) is 24.3 Å². The Morgan fingerprint density at radius 3 is 2.69 bits per heavy atom. The van der Waals surface area contributed by atoms with Gasteiger partial charge in [0.1, 0.15) is 0 Å². The summed E-state index contributed by atoms with van der Waals surface area (Å²) in [5, 5.41) is 3.63. The molecule has 0 aromatic heterocycles. The molecule has 4 unspecified atom stereocenters. The Balaban J connectivity index is 1.87. The van der Waals surface area contributed by atoms with Crippen molar-refractivity contribution in [1.82, 2.24) is 5.32 Å². The van der Waals surface area contributed by atoms with E-state index in [0.717, 1.165) is 30.3 Å². The third-order valence-corrected chi connectivity index (χ3v) is 4.56. The Morgan fingerprint density at radius 1 is 1.19 bits per heavy atom. The Morgan fingerprint density at radius 2 is 1.94 bits per heavy atom. The molecule has 2 aliphatic carbocycles. The topological polar surface area (TPSA) is 12.0 Å². The third kappa shape index (κ3) is 1.41. The Labute approximate surface area is 98.3 Å². The molecule has 0 aliphatic heterocycles. The van der Waals surface area contributed by atoms with Gasteiger partial charge in [-0.1, -0.05) is 38.1 Å². The van der Waals surface area contributed by atoms with Crippen LogP contribution >= 0.6 is 0 Å². The van der Waals surface area contributed by atoms with Gasteiger partial charge in [0.25, 0.3) is 0 Å². The van der Waals surface area contributed by atoms with Gasteiger partial charge in [0.15, 0.2) is 0 Å². The highest BCUT2D eigenvalue weighted by Gasteiger charge is 2.45. The Kier molecular flexibility index (Phi) is 2.51. The maximum Gasteiger partial charge on any atom is 0.0107 e. The fourth-order valence-corrected chi connectivity index (χ4v) is 3.72. The SMILES string of the molecule is CCNC1CC2c3ccccc3C(C)CC12. The van der Waals surface area contributed by atoms with Gasteiger partial charge in [0, 0.05) is 6.04 Å². The Hall–Kier alpha value is -0.820. The summed E-state index contributed by atoms with van der Waals surface area (Å²) >= 11 is 0. The molecule has 1 nitrogen and oxygen atoms in total. The van der Waals surface area contributed by atoms with Gasteiger partial charge in [0.2, 0.25) is 0 Å². The number of benzene rings is 1. The first-order valence-electron chi connectivity index (χ1n) is 6.63.